The van der Waals surface area contributed by atoms with Crippen LogP contribution < -0.4 is 10.6 Å². The van der Waals surface area contributed by atoms with Gasteiger partial charge in [-0.1, -0.05) is 26.0 Å². The SMILES string of the molecule is COCCOC(=O)C(Nc1ccc(CNC=O)cc1)C(C)C. The standard InChI is InChI=1S/C16H24N2O4/c1-12(2)15(16(20)22-9-8-21-3)18-14-6-4-13(5-7-14)10-17-11-19/h4-7,11-12,15,18H,8-10H2,1-3H3,(H,17,19). The van der Waals surface area contributed by atoms with Crippen LogP contribution in [-0.4, -0.2) is 38.7 Å². The van der Waals surface area contributed by atoms with E-state index in [0.717, 1.165) is 11.3 Å². The van der Waals surface area contributed by atoms with Gasteiger partial charge in [-0.05, 0) is 23.6 Å². The number of methoxy groups -OCH3 is 1. The fourth-order valence-corrected chi connectivity index (χ4v) is 1.87. The Hall–Kier alpha value is -2.08. The van der Waals surface area contributed by atoms with Gasteiger partial charge in [0.2, 0.25) is 6.41 Å². The smallest absolute Gasteiger partial charge is 0.328 e. The zero-order valence-electron chi connectivity index (χ0n) is 13.3. The molecule has 0 spiro atoms. The molecular weight excluding hydrogens is 284 g/mol. The van der Waals surface area contributed by atoms with Gasteiger partial charge in [-0.15, -0.1) is 0 Å². The average Bonchev–Trinajstić information content (AvgIpc) is 2.51. The molecule has 1 unspecified atom stereocenters. The summed E-state index contributed by atoms with van der Waals surface area (Å²) in [4.78, 5) is 22.3. The minimum absolute atomic E-state index is 0.0893. The Kier molecular flexibility index (Phi) is 7.99. The number of esters is 1. The second kappa shape index (κ2) is 9.78. The molecule has 0 fully saturated rings. The van der Waals surface area contributed by atoms with E-state index in [1.807, 2.05) is 38.1 Å². The van der Waals surface area contributed by atoms with E-state index in [1.165, 1.54) is 0 Å². The highest BCUT2D eigenvalue weighted by atomic mass is 16.6. The van der Waals surface area contributed by atoms with E-state index in [9.17, 15) is 9.59 Å². The van der Waals surface area contributed by atoms with Gasteiger partial charge < -0.3 is 20.1 Å². The molecule has 0 saturated heterocycles. The molecule has 0 radical (unpaired) electrons. The Morgan fingerprint density at radius 2 is 1.91 bits per heavy atom. The molecule has 122 valence electrons. The molecule has 6 heteroatoms. The minimum Gasteiger partial charge on any atom is -0.462 e. The molecule has 1 aromatic rings. The van der Waals surface area contributed by atoms with E-state index in [-0.39, 0.29) is 18.5 Å². The highest BCUT2D eigenvalue weighted by molar-refractivity contribution is 5.79. The summed E-state index contributed by atoms with van der Waals surface area (Å²) in [5.41, 5.74) is 1.82. The predicted molar refractivity (Wildman–Crippen MR) is 84.4 cm³/mol. The van der Waals surface area contributed by atoms with Crippen molar-refractivity contribution in [3.63, 3.8) is 0 Å². The van der Waals surface area contributed by atoms with Crippen molar-refractivity contribution in [3.05, 3.63) is 29.8 Å². The second-order valence-electron chi connectivity index (χ2n) is 5.22. The number of amides is 1. The zero-order chi connectivity index (χ0) is 16.4. The van der Waals surface area contributed by atoms with Gasteiger partial charge in [-0.25, -0.2) is 4.79 Å². The molecule has 0 aliphatic rings. The summed E-state index contributed by atoms with van der Waals surface area (Å²) in [6.45, 7) is 5.03. The summed E-state index contributed by atoms with van der Waals surface area (Å²) in [5, 5.41) is 5.79. The van der Waals surface area contributed by atoms with Crippen molar-refractivity contribution >= 4 is 18.1 Å². The largest absolute Gasteiger partial charge is 0.462 e. The molecule has 0 aromatic heterocycles. The van der Waals surface area contributed by atoms with Crippen LogP contribution in [0.1, 0.15) is 19.4 Å². The van der Waals surface area contributed by atoms with Crippen molar-refractivity contribution < 1.29 is 19.1 Å². The molecule has 0 bridgehead atoms. The summed E-state index contributed by atoms with van der Waals surface area (Å²) < 4.78 is 10.0. The molecule has 1 rings (SSSR count). The first-order valence-electron chi connectivity index (χ1n) is 7.26. The topological polar surface area (TPSA) is 76.7 Å². The van der Waals surface area contributed by atoms with Crippen molar-refractivity contribution in [1.29, 1.82) is 0 Å². The normalized spacial score (nSPS) is 11.8. The summed E-state index contributed by atoms with van der Waals surface area (Å²) in [6.07, 6.45) is 0.664. The van der Waals surface area contributed by atoms with Gasteiger partial charge in [0.05, 0.1) is 6.61 Å². The lowest BCUT2D eigenvalue weighted by Gasteiger charge is -2.22. The summed E-state index contributed by atoms with van der Waals surface area (Å²) in [5.74, 6) is -0.204. The lowest BCUT2D eigenvalue weighted by molar-refractivity contribution is -0.146. The van der Waals surface area contributed by atoms with Crippen molar-refractivity contribution in [3.8, 4) is 0 Å². The number of ether oxygens (including phenoxy) is 2. The van der Waals surface area contributed by atoms with E-state index in [1.54, 1.807) is 7.11 Å². The van der Waals surface area contributed by atoms with Gasteiger partial charge in [0.15, 0.2) is 0 Å². The lowest BCUT2D eigenvalue weighted by atomic mass is 10.0. The molecule has 0 aliphatic carbocycles. The number of nitrogens with one attached hydrogen (secondary N) is 2. The predicted octanol–water partition coefficient (Wildman–Crippen LogP) is 1.56. The molecule has 0 heterocycles. The third-order valence-corrected chi connectivity index (χ3v) is 3.12. The van der Waals surface area contributed by atoms with Crippen LogP contribution in [0.3, 0.4) is 0 Å². The van der Waals surface area contributed by atoms with Gasteiger partial charge in [-0.2, -0.15) is 0 Å². The first-order chi connectivity index (χ1) is 10.6. The fourth-order valence-electron chi connectivity index (χ4n) is 1.87. The summed E-state index contributed by atoms with van der Waals surface area (Å²) in [7, 11) is 1.56. The Morgan fingerprint density at radius 3 is 2.45 bits per heavy atom. The van der Waals surface area contributed by atoms with Crippen LogP contribution in [-0.2, 0) is 25.6 Å². The maximum Gasteiger partial charge on any atom is 0.328 e. The van der Waals surface area contributed by atoms with Crippen LogP contribution in [0.25, 0.3) is 0 Å². The van der Waals surface area contributed by atoms with Crippen molar-refractivity contribution in [1.82, 2.24) is 5.32 Å². The Morgan fingerprint density at radius 1 is 1.23 bits per heavy atom. The fraction of sp³-hybridized carbons (Fsp3) is 0.500. The minimum atomic E-state index is -0.421. The van der Waals surface area contributed by atoms with Crippen LogP contribution >= 0.6 is 0 Å². The van der Waals surface area contributed by atoms with Crippen LogP contribution in [0.15, 0.2) is 24.3 Å². The third-order valence-electron chi connectivity index (χ3n) is 3.12. The van der Waals surface area contributed by atoms with Gasteiger partial charge in [-0.3, -0.25) is 4.79 Å². The van der Waals surface area contributed by atoms with Crippen LogP contribution in [0, 0.1) is 5.92 Å². The maximum absolute atomic E-state index is 12.1. The lowest BCUT2D eigenvalue weighted by Crippen LogP contribution is -2.36. The van der Waals surface area contributed by atoms with Crippen molar-refractivity contribution in [2.24, 2.45) is 5.92 Å². The second-order valence-corrected chi connectivity index (χ2v) is 5.22. The third kappa shape index (κ3) is 6.13. The molecule has 1 atom stereocenters. The molecule has 0 aliphatic heterocycles. The monoisotopic (exact) mass is 308 g/mol. The van der Waals surface area contributed by atoms with E-state index >= 15 is 0 Å². The number of rotatable bonds is 10. The Balaban J connectivity index is 2.62. The van der Waals surface area contributed by atoms with Gasteiger partial charge in [0.1, 0.15) is 12.6 Å². The summed E-state index contributed by atoms with van der Waals surface area (Å²) >= 11 is 0. The Bertz CT molecular complexity index is 460. The van der Waals surface area contributed by atoms with E-state index in [0.29, 0.717) is 19.6 Å². The highest BCUT2D eigenvalue weighted by Crippen LogP contribution is 2.15. The van der Waals surface area contributed by atoms with Gasteiger partial charge in [0.25, 0.3) is 0 Å². The number of carbonyl (C=O) groups is 2. The molecule has 2 N–H and O–H groups in total. The zero-order valence-corrected chi connectivity index (χ0v) is 13.3. The van der Waals surface area contributed by atoms with Crippen molar-refractivity contribution in [2.45, 2.75) is 26.4 Å². The number of hydrogen-bond acceptors (Lipinski definition) is 5. The van der Waals surface area contributed by atoms with Crippen molar-refractivity contribution in [2.75, 3.05) is 25.6 Å². The molecule has 0 saturated carbocycles. The first kappa shape index (κ1) is 18.0. The van der Waals surface area contributed by atoms with Crippen LogP contribution in [0.4, 0.5) is 5.69 Å². The number of hydrogen-bond donors (Lipinski definition) is 2. The first-order valence-corrected chi connectivity index (χ1v) is 7.26. The van der Waals surface area contributed by atoms with Crippen LogP contribution in [0.2, 0.25) is 0 Å². The molecule has 22 heavy (non-hydrogen) atoms. The molecule has 1 aromatic carbocycles. The molecule has 1 amide bonds. The highest BCUT2D eigenvalue weighted by Gasteiger charge is 2.23. The van der Waals surface area contributed by atoms with Crippen LogP contribution in [0.5, 0.6) is 0 Å². The number of anilines is 1. The maximum atomic E-state index is 12.1. The average molecular weight is 308 g/mol. The summed E-state index contributed by atoms with van der Waals surface area (Å²) in [6, 6.07) is 7.12. The van der Waals surface area contributed by atoms with Gasteiger partial charge in [0, 0.05) is 19.3 Å². The van der Waals surface area contributed by atoms with E-state index < -0.39 is 6.04 Å². The quantitative estimate of drug-likeness (QED) is 0.390. The molecular formula is C16H24N2O4. The van der Waals surface area contributed by atoms with E-state index in [4.69, 9.17) is 9.47 Å². The van der Waals surface area contributed by atoms with E-state index in [2.05, 4.69) is 10.6 Å². The number of carbonyl (C=O) groups excluding carboxylic acids is 2. The van der Waals surface area contributed by atoms with Gasteiger partial charge >= 0.3 is 5.97 Å². The Labute approximate surface area is 131 Å². The number of benzene rings is 1. The molecule has 6 nitrogen and oxygen atoms in total.